The zero-order valence-electron chi connectivity index (χ0n) is 8.21. The second-order valence-corrected chi connectivity index (χ2v) is 4.19. The summed E-state index contributed by atoms with van der Waals surface area (Å²) in [6.07, 6.45) is 1.50. The van der Waals surface area contributed by atoms with E-state index in [-0.39, 0.29) is 0 Å². The highest BCUT2D eigenvalue weighted by Crippen LogP contribution is 2.19. The minimum absolute atomic E-state index is 0.381. The number of nitrogens with two attached hydrogens (primary N) is 1. The number of hydrogen-bond donors (Lipinski definition) is 3. The summed E-state index contributed by atoms with van der Waals surface area (Å²) in [6, 6.07) is 1.61. The number of halogens is 1. The van der Waals surface area contributed by atoms with Gasteiger partial charge in [0.1, 0.15) is 5.82 Å². The second kappa shape index (κ2) is 4.02. The molecule has 0 amide bonds. The molecule has 78 valence electrons. The molecule has 0 atom stereocenters. The van der Waals surface area contributed by atoms with Crippen molar-refractivity contribution < 1.29 is 5.11 Å². The second-order valence-electron chi connectivity index (χ2n) is 3.76. The molecule has 1 aromatic heterocycles. The predicted octanol–water partition coefficient (Wildman–Crippen LogP) is 1.50. The van der Waals surface area contributed by atoms with Crippen molar-refractivity contribution in [2.45, 2.75) is 19.4 Å². The van der Waals surface area contributed by atoms with Gasteiger partial charge >= 0.3 is 0 Å². The Hall–Kier alpha value is -1.00. The standard InChI is InChI=1S/C9H14ClN3O/c1-9(2,14)5-13-8-7(11)3-6(10)4-12-8/h3-4,14H,5,11H2,1-2H3,(H,12,13). The van der Waals surface area contributed by atoms with Crippen molar-refractivity contribution >= 4 is 23.1 Å². The van der Waals surface area contributed by atoms with Crippen molar-refractivity contribution in [3.05, 3.63) is 17.3 Å². The fourth-order valence-corrected chi connectivity index (χ4v) is 1.07. The van der Waals surface area contributed by atoms with Crippen LogP contribution in [0.1, 0.15) is 13.8 Å². The lowest BCUT2D eigenvalue weighted by Gasteiger charge is -2.18. The van der Waals surface area contributed by atoms with Gasteiger partial charge in [0.05, 0.1) is 16.3 Å². The van der Waals surface area contributed by atoms with E-state index < -0.39 is 5.60 Å². The van der Waals surface area contributed by atoms with Crippen molar-refractivity contribution in [3.8, 4) is 0 Å². The number of nitrogen functional groups attached to an aromatic ring is 1. The molecule has 1 heterocycles. The van der Waals surface area contributed by atoms with E-state index in [1.54, 1.807) is 19.9 Å². The monoisotopic (exact) mass is 215 g/mol. The SMILES string of the molecule is CC(C)(O)CNc1ncc(Cl)cc1N. The fourth-order valence-electron chi connectivity index (χ4n) is 0.903. The van der Waals surface area contributed by atoms with Crippen LogP contribution in [0.15, 0.2) is 12.3 Å². The highest BCUT2D eigenvalue weighted by Gasteiger charge is 2.12. The molecule has 4 N–H and O–H groups in total. The first kappa shape index (κ1) is 11.1. The quantitative estimate of drug-likeness (QED) is 0.715. The number of hydrogen-bond acceptors (Lipinski definition) is 4. The first-order valence-corrected chi connectivity index (χ1v) is 4.63. The normalized spacial score (nSPS) is 11.4. The van der Waals surface area contributed by atoms with Crippen LogP contribution in [0.2, 0.25) is 5.02 Å². The smallest absolute Gasteiger partial charge is 0.149 e. The summed E-state index contributed by atoms with van der Waals surface area (Å²) in [5, 5.41) is 12.9. The van der Waals surface area contributed by atoms with Crippen molar-refractivity contribution in [2.24, 2.45) is 0 Å². The molecule has 0 fully saturated rings. The molecule has 0 saturated carbocycles. The third-order valence-electron chi connectivity index (χ3n) is 1.57. The molecule has 0 bridgehead atoms. The largest absolute Gasteiger partial charge is 0.396 e. The van der Waals surface area contributed by atoms with Crippen LogP contribution in [0.5, 0.6) is 0 Å². The van der Waals surface area contributed by atoms with E-state index in [1.807, 2.05) is 0 Å². The van der Waals surface area contributed by atoms with Gasteiger partial charge in [-0.05, 0) is 19.9 Å². The van der Waals surface area contributed by atoms with Crippen LogP contribution >= 0.6 is 11.6 Å². The van der Waals surface area contributed by atoms with E-state index in [0.29, 0.717) is 23.1 Å². The lowest BCUT2D eigenvalue weighted by molar-refractivity contribution is 0.0944. The van der Waals surface area contributed by atoms with Gasteiger partial charge in [-0.3, -0.25) is 0 Å². The first-order chi connectivity index (χ1) is 6.38. The van der Waals surface area contributed by atoms with E-state index in [4.69, 9.17) is 17.3 Å². The minimum Gasteiger partial charge on any atom is -0.396 e. The summed E-state index contributed by atoms with van der Waals surface area (Å²) >= 11 is 5.69. The maximum Gasteiger partial charge on any atom is 0.149 e. The third kappa shape index (κ3) is 3.40. The Morgan fingerprint density at radius 1 is 1.64 bits per heavy atom. The van der Waals surface area contributed by atoms with Crippen LogP contribution in [0.25, 0.3) is 0 Å². The van der Waals surface area contributed by atoms with Crippen LogP contribution in [0, 0.1) is 0 Å². The molecular formula is C9H14ClN3O. The third-order valence-corrected chi connectivity index (χ3v) is 1.78. The average molecular weight is 216 g/mol. The average Bonchev–Trinajstić information content (AvgIpc) is 2.00. The molecule has 0 saturated heterocycles. The van der Waals surface area contributed by atoms with Gasteiger partial charge in [0.15, 0.2) is 0 Å². The Labute approximate surface area is 88.1 Å². The van der Waals surface area contributed by atoms with Gasteiger partial charge < -0.3 is 16.2 Å². The maximum absolute atomic E-state index is 9.47. The topological polar surface area (TPSA) is 71.2 Å². The van der Waals surface area contributed by atoms with Crippen LogP contribution in [-0.2, 0) is 0 Å². The van der Waals surface area contributed by atoms with E-state index in [2.05, 4.69) is 10.3 Å². The Bertz CT molecular complexity index is 322. The number of anilines is 2. The number of aliphatic hydroxyl groups is 1. The van der Waals surface area contributed by atoms with Gasteiger partial charge in [-0.15, -0.1) is 0 Å². The lowest BCUT2D eigenvalue weighted by atomic mass is 10.1. The molecule has 0 aliphatic carbocycles. The summed E-state index contributed by atoms with van der Waals surface area (Å²) in [4.78, 5) is 4.00. The minimum atomic E-state index is -0.798. The fraction of sp³-hybridized carbons (Fsp3) is 0.444. The van der Waals surface area contributed by atoms with Crippen molar-refractivity contribution in [1.82, 2.24) is 4.98 Å². The molecule has 4 nitrogen and oxygen atoms in total. The van der Waals surface area contributed by atoms with Crippen molar-refractivity contribution in [3.63, 3.8) is 0 Å². The highest BCUT2D eigenvalue weighted by atomic mass is 35.5. The molecule has 0 spiro atoms. The summed E-state index contributed by atoms with van der Waals surface area (Å²) in [7, 11) is 0. The van der Waals surface area contributed by atoms with Gasteiger partial charge in [-0.1, -0.05) is 11.6 Å². The van der Waals surface area contributed by atoms with Crippen molar-refractivity contribution in [2.75, 3.05) is 17.6 Å². The van der Waals surface area contributed by atoms with E-state index in [0.717, 1.165) is 0 Å². The molecule has 0 aliphatic rings. The van der Waals surface area contributed by atoms with Crippen molar-refractivity contribution in [1.29, 1.82) is 0 Å². The molecule has 1 rings (SSSR count). The predicted molar refractivity (Wildman–Crippen MR) is 58.4 cm³/mol. The Morgan fingerprint density at radius 2 is 2.29 bits per heavy atom. The van der Waals surface area contributed by atoms with Crippen LogP contribution in [0.3, 0.4) is 0 Å². The first-order valence-electron chi connectivity index (χ1n) is 4.26. The Balaban J connectivity index is 2.68. The maximum atomic E-state index is 9.47. The molecule has 5 heteroatoms. The van der Waals surface area contributed by atoms with E-state index in [1.165, 1.54) is 6.20 Å². The Morgan fingerprint density at radius 3 is 2.79 bits per heavy atom. The zero-order chi connectivity index (χ0) is 10.8. The summed E-state index contributed by atoms with van der Waals surface area (Å²) in [5.74, 6) is 0.538. The van der Waals surface area contributed by atoms with E-state index in [9.17, 15) is 5.11 Å². The number of nitrogens with one attached hydrogen (secondary N) is 1. The van der Waals surface area contributed by atoms with Gasteiger partial charge in [0.2, 0.25) is 0 Å². The molecule has 0 unspecified atom stereocenters. The van der Waals surface area contributed by atoms with Crippen LogP contribution in [-0.4, -0.2) is 22.2 Å². The summed E-state index contributed by atoms with van der Waals surface area (Å²) in [5.41, 5.74) is 5.34. The molecule has 0 aliphatic heterocycles. The molecular weight excluding hydrogens is 202 g/mol. The van der Waals surface area contributed by atoms with Crippen LogP contribution < -0.4 is 11.1 Å². The Kier molecular flexibility index (Phi) is 3.18. The van der Waals surface area contributed by atoms with Gasteiger partial charge in [0, 0.05) is 12.7 Å². The summed E-state index contributed by atoms with van der Waals surface area (Å²) in [6.45, 7) is 3.78. The molecule has 0 aromatic carbocycles. The number of pyridine rings is 1. The number of nitrogens with zero attached hydrogens (tertiary/aromatic N) is 1. The molecule has 0 radical (unpaired) electrons. The van der Waals surface area contributed by atoms with Gasteiger partial charge in [-0.2, -0.15) is 0 Å². The zero-order valence-corrected chi connectivity index (χ0v) is 8.97. The molecule has 1 aromatic rings. The lowest BCUT2D eigenvalue weighted by Crippen LogP contribution is -2.29. The van der Waals surface area contributed by atoms with Gasteiger partial charge in [-0.25, -0.2) is 4.98 Å². The van der Waals surface area contributed by atoms with E-state index >= 15 is 0 Å². The summed E-state index contributed by atoms with van der Waals surface area (Å²) < 4.78 is 0. The number of aromatic nitrogens is 1. The molecule has 14 heavy (non-hydrogen) atoms. The van der Waals surface area contributed by atoms with Gasteiger partial charge in [0.25, 0.3) is 0 Å². The highest BCUT2D eigenvalue weighted by molar-refractivity contribution is 6.30. The number of rotatable bonds is 3. The van der Waals surface area contributed by atoms with Crippen LogP contribution in [0.4, 0.5) is 11.5 Å².